The van der Waals surface area contributed by atoms with Gasteiger partial charge in [-0.2, -0.15) is 0 Å². The van der Waals surface area contributed by atoms with Gasteiger partial charge in [-0.1, -0.05) is 24.3 Å². The molecular weight excluding hydrogens is 394 g/mol. The molecule has 0 atom stereocenters. The van der Waals surface area contributed by atoms with Crippen LogP contribution in [0.5, 0.6) is 0 Å². The van der Waals surface area contributed by atoms with Crippen LogP contribution in [0.1, 0.15) is 39.9 Å². The Bertz CT molecular complexity index is 1060. The summed E-state index contributed by atoms with van der Waals surface area (Å²) in [5, 5.41) is 0. The molecule has 32 heavy (non-hydrogen) atoms. The van der Waals surface area contributed by atoms with Gasteiger partial charge in [0.05, 0.1) is 22.8 Å². The lowest BCUT2D eigenvalue weighted by Gasteiger charge is -2.38. The van der Waals surface area contributed by atoms with Gasteiger partial charge in [-0.05, 0) is 69.3 Å². The highest BCUT2D eigenvalue weighted by Crippen LogP contribution is 2.26. The summed E-state index contributed by atoms with van der Waals surface area (Å²) >= 11 is 0. The zero-order valence-electron chi connectivity index (χ0n) is 19.1. The minimum absolute atomic E-state index is 0.709. The molecule has 0 bridgehead atoms. The Kier molecular flexibility index (Phi) is 6.66. The Balaban J connectivity index is 1.80. The van der Waals surface area contributed by atoms with Crippen molar-refractivity contribution in [3.8, 4) is 0 Å². The first kappa shape index (κ1) is 21.8. The van der Waals surface area contributed by atoms with Gasteiger partial charge in [-0.25, -0.2) is 0 Å². The summed E-state index contributed by atoms with van der Waals surface area (Å²) in [5.74, 6) is 0. The molecule has 0 radical (unpaired) electrons. The van der Waals surface area contributed by atoms with Crippen LogP contribution >= 0.6 is 0 Å². The summed E-state index contributed by atoms with van der Waals surface area (Å²) in [6, 6.07) is 24.9. The number of pyridine rings is 4. The zero-order valence-corrected chi connectivity index (χ0v) is 19.1. The Morgan fingerprint density at radius 2 is 0.906 bits per heavy atom. The van der Waals surface area contributed by atoms with E-state index in [0.717, 1.165) is 66.0 Å². The Labute approximate surface area is 190 Å². The predicted molar refractivity (Wildman–Crippen MR) is 126 cm³/mol. The van der Waals surface area contributed by atoms with Crippen molar-refractivity contribution in [1.29, 1.82) is 0 Å². The maximum atomic E-state index is 4.84. The molecule has 0 saturated carbocycles. The third-order valence-electron chi connectivity index (χ3n) is 5.55. The van der Waals surface area contributed by atoms with Gasteiger partial charge in [0.1, 0.15) is 26.2 Å². The van der Waals surface area contributed by atoms with Crippen molar-refractivity contribution in [3.63, 3.8) is 0 Å². The van der Waals surface area contributed by atoms with Crippen molar-refractivity contribution in [1.82, 2.24) is 19.9 Å². The molecule has 0 fully saturated rings. The Hall–Kier alpha value is -3.44. The molecule has 0 N–H and O–H groups in total. The van der Waals surface area contributed by atoms with Crippen molar-refractivity contribution >= 4 is 0 Å². The van der Waals surface area contributed by atoms with Gasteiger partial charge in [0.25, 0.3) is 0 Å². The van der Waals surface area contributed by atoms with E-state index in [9.17, 15) is 0 Å². The first-order valence-corrected chi connectivity index (χ1v) is 11.0. The summed E-state index contributed by atoms with van der Waals surface area (Å²) in [6.07, 6.45) is 1.87. The van der Waals surface area contributed by atoms with Crippen LogP contribution in [-0.4, -0.2) is 24.4 Å². The maximum Gasteiger partial charge on any atom is 0.122 e. The van der Waals surface area contributed by atoms with E-state index in [4.69, 9.17) is 15.0 Å². The molecule has 0 aromatic carbocycles. The molecule has 0 aliphatic carbocycles. The number of rotatable bonds is 8. The molecule has 0 aliphatic heterocycles. The van der Waals surface area contributed by atoms with Crippen LogP contribution < -0.4 is 0 Å². The first-order valence-electron chi connectivity index (χ1n) is 11.0. The van der Waals surface area contributed by atoms with Gasteiger partial charge in [-0.15, -0.1) is 0 Å². The number of nitrogens with zero attached hydrogens (tertiary/aromatic N) is 5. The average Bonchev–Trinajstić information content (AvgIpc) is 2.74. The van der Waals surface area contributed by atoms with Crippen LogP contribution in [0.2, 0.25) is 0 Å². The second-order valence-electron chi connectivity index (χ2n) is 8.61. The van der Waals surface area contributed by atoms with E-state index < -0.39 is 0 Å². The highest BCUT2D eigenvalue weighted by atomic mass is 15.4. The smallest absolute Gasteiger partial charge is 0.122 e. The maximum absolute atomic E-state index is 4.84. The van der Waals surface area contributed by atoms with Crippen LogP contribution in [0.25, 0.3) is 0 Å². The predicted octanol–water partition coefficient (Wildman–Crippen LogP) is 5.11. The lowest BCUT2D eigenvalue weighted by atomic mass is 10.1. The standard InChI is InChI=1S/C27H30N5/c1-21-9-6-13-25(29-21)18-32(17-24-12-4-5-16-28-24,19-26-14-7-10-22(2)30-26)20-27-15-8-11-23(3)31-27/h4-16H,17-20H2,1-3H3/q+1. The van der Waals surface area contributed by atoms with Crippen molar-refractivity contribution in [3.05, 3.63) is 119 Å². The van der Waals surface area contributed by atoms with E-state index in [1.54, 1.807) is 0 Å². The molecule has 0 spiro atoms. The molecule has 0 amide bonds. The van der Waals surface area contributed by atoms with Crippen molar-refractivity contribution in [2.45, 2.75) is 47.0 Å². The van der Waals surface area contributed by atoms with Crippen LogP contribution in [0.3, 0.4) is 0 Å². The van der Waals surface area contributed by atoms with Gasteiger partial charge in [0.15, 0.2) is 0 Å². The fraction of sp³-hybridized carbons (Fsp3) is 0.259. The lowest BCUT2D eigenvalue weighted by Crippen LogP contribution is -2.46. The molecule has 5 heteroatoms. The second kappa shape index (κ2) is 9.79. The average molecular weight is 425 g/mol. The van der Waals surface area contributed by atoms with E-state index in [1.165, 1.54) is 0 Å². The summed E-state index contributed by atoms with van der Waals surface area (Å²) < 4.78 is 0.709. The third-order valence-corrected chi connectivity index (χ3v) is 5.55. The minimum atomic E-state index is 0.709. The monoisotopic (exact) mass is 424 g/mol. The van der Waals surface area contributed by atoms with Gasteiger partial charge in [0.2, 0.25) is 0 Å². The number of hydrogen-bond acceptors (Lipinski definition) is 4. The third kappa shape index (κ3) is 5.83. The molecule has 4 aromatic heterocycles. The topological polar surface area (TPSA) is 51.6 Å². The van der Waals surface area contributed by atoms with Crippen molar-refractivity contribution in [2.24, 2.45) is 0 Å². The normalized spacial score (nSPS) is 11.5. The number of hydrogen-bond donors (Lipinski definition) is 0. The number of aromatic nitrogens is 4. The molecule has 0 unspecified atom stereocenters. The quantitative estimate of drug-likeness (QED) is 0.369. The minimum Gasteiger partial charge on any atom is -0.304 e. The fourth-order valence-corrected chi connectivity index (χ4v) is 4.26. The molecule has 162 valence electrons. The highest BCUT2D eigenvalue weighted by molar-refractivity contribution is 5.13. The van der Waals surface area contributed by atoms with Crippen molar-refractivity contribution < 1.29 is 4.48 Å². The van der Waals surface area contributed by atoms with Gasteiger partial charge in [-0.3, -0.25) is 19.9 Å². The molecule has 0 saturated heterocycles. The molecule has 5 nitrogen and oxygen atoms in total. The zero-order chi connectivity index (χ0) is 22.4. The molecule has 0 aliphatic rings. The van der Waals surface area contributed by atoms with Crippen LogP contribution in [0.15, 0.2) is 79.0 Å². The second-order valence-corrected chi connectivity index (χ2v) is 8.61. The molecular formula is C27H30N5+. The number of quaternary nitrogens is 1. The van der Waals surface area contributed by atoms with E-state index >= 15 is 0 Å². The van der Waals surface area contributed by atoms with Crippen LogP contribution in [0.4, 0.5) is 0 Å². The van der Waals surface area contributed by atoms with Crippen LogP contribution in [-0.2, 0) is 26.2 Å². The van der Waals surface area contributed by atoms with Crippen molar-refractivity contribution in [2.75, 3.05) is 0 Å². The fourth-order valence-electron chi connectivity index (χ4n) is 4.26. The van der Waals surface area contributed by atoms with E-state index in [-0.39, 0.29) is 0 Å². The lowest BCUT2D eigenvalue weighted by molar-refractivity contribution is -0.979. The Morgan fingerprint density at radius 3 is 1.28 bits per heavy atom. The first-order chi connectivity index (χ1) is 15.5. The molecule has 4 aromatic rings. The number of aryl methyl sites for hydroxylation is 3. The summed E-state index contributed by atoms with van der Waals surface area (Å²) in [7, 11) is 0. The molecule has 4 rings (SSSR count). The van der Waals surface area contributed by atoms with Gasteiger partial charge in [0, 0.05) is 23.3 Å². The van der Waals surface area contributed by atoms with E-state index in [1.807, 2.05) is 51.2 Å². The van der Waals surface area contributed by atoms with Gasteiger partial charge < -0.3 is 4.48 Å². The highest BCUT2D eigenvalue weighted by Gasteiger charge is 2.32. The largest absolute Gasteiger partial charge is 0.304 e. The summed E-state index contributed by atoms with van der Waals surface area (Å²) in [6.45, 7) is 9.20. The summed E-state index contributed by atoms with van der Waals surface area (Å²) in [5.41, 5.74) is 7.35. The summed E-state index contributed by atoms with van der Waals surface area (Å²) in [4.78, 5) is 19.2. The SMILES string of the molecule is Cc1cccc(C[N+](Cc2ccccn2)(Cc2cccc(C)n2)Cc2cccc(C)n2)n1. The molecule has 4 heterocycles. The van der Waals surface area contributed by atoms with E-state index in [2.05, 4.69) is 53.5 Å². The van der Waals surface area contributed by atoms with Crippen LogP contribution in [0, 0.1) is 20.8 Å². The van der Waals surface area contributed by atoms with E-state index in [0.29, 0.717) is 4.48 Å². The van der Waals surface area contributed by atoms with Gasteiger partial charge >= 0.3 is 0 Å². The Morgan fingerprint density at radius 1 is 0.500 bits per heavy atom.